The van der Waals surface area contributed by atoms with Crippen LogP contribution in [0.2, 0.25) is 0 Å². The summed E-state index contributed by atoms with van der Waals surface area (Å²) in [5.41, 5.74) is 2.59. The number of hydrogen-bond donors (Lipinski definition) is 0. The van der Waals surface area contributed by atoms with E-state index in [-0.39, 0.29) is 0 Å². The molecule has 0 saturated carbocycles. The highest BCUT2D eigenvalue weighted by atomic mass is 14.1. The Labute approximate surface area is 163 Å². The molecule has 0 aliphatic rings. The first-order chi connectivity index (χ1) is 13.9. The molecule has 0 radical (unpaired) electrons. The Balaban J connectivity index is 1.86. The average molecular weight is 354 g/mol. The highest BCUT2D eigenvalue weighted by Crippen LogP contribution is 2.39. The molecule has 0 aliphatic heterocycles. The van der Waals surface area contributed by atoms with Crippen molar-refractivity contribution < 1.29 is 0 Å². The first-order valence-electron chi connectivity index (χ1n) is 9.70. The molecule has 0 nitrogen and oxygen atoms in total. The van der Waals surface area contributed by atoms with Crippen molar-refractivity contribution in [3.05, 3.63) is 109 Å². The van der Waals surface area contributed by atoms with Crippen molar-refractivity contribution in [1.29, 1.82) is 0 Å². The average Bonchev–Trinajstić information content (AvgIpc) is 2.75. The lowest BCUT2D eigenvalue weighted by molar-refractivity contribution is 1.68. The summed E-state index contributed by atoms with van der Waals surface area (Å²) >= 11 is 0. The van der Waals surface area contributed by atoms with Gasteiger partial charge in [0.15, 0.2) is 0 Å². The van der Waals surface area contributed by atoms with Crippen molar-refractivity contribution in [1.82, 2.24) is 0 Å². The van der Waals surface area contributed by atoms with Crippen molar-refractivity contribution in [2.75, 3.05) is 0 Å². The third kappa shape index (κ3) is 2.32. The molecule has 0 saturated heterocycles. The Kier molecular flexibility index (Phi) is 3.27. The highest BCUT2D eigenvalue weighted by Gasteiger charge is 2.12. The first-order valence-corrected chi connectivity index (χ1v) is 9.70. The largest absolute Gasteiger partial charge is 0.0622 e. The van der Waals surface area contributed by atoms with Crippen LogP contribution in [0.1, 0.15) is 0 Å². The molecule has 0 amide bonds. The van der Waals surface area contributed by atoms with Crippen LogP contribution in [0.3, 0.4) is 0 Å². The minimum absolute atomic E-state index is 1.27. The predicted molar refractivity (Wildman–Crippen MR) is 122 cm³/mol. The van der Waals surface area contributed by atoms with Gasteiger partial charge in [0, 0.05) is 0 Å². The Hall–Kier alpha value is -3.64. The van der Waals surface area contributed by atoms with E-state index >= 15 is 0 Å². The lowest BCUT2D eigenvalue weighted by atomic mass is 9.89. The van der Waals surface area contributed by atoms with E-state index in [2.05, 4.69) is 109 Å². The van der Waals surface area contributed by atoms with Gasteiger partial charge in [0.05, 0.1) is 0 Å². The van der Waals surface area contributed by atoms with Crippen molar-refractivity contribution in [2.45, 2.75) is 0 Å². The van der Waals surface area contributed by atoms with Gasteiger partial charge in [-0.25, -0.2) is 0 Å². The zero-order valence-electron chi connectivity index (χ0n) is 15.4. The zero-order valence-corrected chi connectivity index (χ0v) is 15.4. The van der Waals surface area contributed by atoms with Crippen LogP contribution in [0.15, 0.2) is 109 Å². The molecule has 0 heteroatoms. The molecule has 0 fully saturated rings. The van der Waals surface area contributed by atoms with Gasteiger partial charge in [-0.2, -0.15) is 0 Å². The van der Waals surface area contributed by atoms with Gasteiger partial charge >= 0.3 is 0 Å². The van der Waals surface area contributed by atoms with Crippen molar-refractivity contribution >= 4 is 43.1 Å². The van der Waals surface area contributed by atoms with E-state index in [1.54, 1.807) is 0 Å². The fraction of sp³-hybridized carbons (Fsp3) is 0. The number of fused-ring (bicyclic) bond motifs is 4. The second kappa shape index (κ2) is 5.94. The Morgan fingerprint density at radius 1 is 0.321 bits per heavy atom. The van der Waals surface area contributed by atoms with Crippen molar-refractivity contribution in [2.24, 2.45) is 0 Å². The first kappa shape index (κ1) is 15.4. The Morgan fingerprint density at radius 3 is 1.21 bits per heavy atom. The molecule has 0 aromatic heterocycles. The van der Waals surface area contributed by atoms with Gasteiger partial charge in [-0.15, -0.1) is 0 Å². The predicted octanol–water partition coefficient (Wildman–Crippen LogP) is 7.97. The zero-order chi connectivity index (χ0) is 18.5. The minimum atomic E-state index is 1.27. The molecule has 0 aliphatic carbocycles. The van der Waals surface area contributed by atoms with Gasteiger partial charge < -0.3 is 0 Å². The highest BCUT2D eigenvalue weighted by molar-refractivity contribution is 6.18. The van der Waals surface area contributed by atoms with E-state index in [1.165, 1.54) is 54.2 Å². The third-order valence-electron chi connectivity index (χ3n) is 5.75. The molecule has 0 N–H and O–H groups in total. The number of hydrogen-bond acceptors (Lipinski definition) is 0. The third-order valence-corrected chi connectivity index (χ3v) is 5.75. The van der Waals surface area contributed by atoms with Gasteiger partial charge in [0.25, 0.3) is 0 Å². The van der Waals surface area contributed by atoms with E-state index in [4.69, 9.17) is 0 Å². The van der Waals surface area contributed by atoms with E-state index < -0.39 is 0 Å². The molecule has 0 heterocycles. The summed E-state index contributed by atoms with van der Waals surface area (Å²) in [4.78, 5) is 0. The van der Waals surface area contributed by atoms with Crippen LogP contribution in [0, 0.1) is 0 Å². The van der Waals surface area contributed by atoms with Crippen LogP contribution < -0.4 is 0 Å². The van der Waals surface area contributed by atoms with Crippen LogP contribution >= 0.6 is 0 Å². The fourth-order valence-electron chi connectivity index (χ4n) is 4.42. The monoisotopic (exact) mass is 354 g/mol. The molecule has 6 aromatic rings. The summed E-state index contributed by atoms with van der Waals surface area (Å²) in [7, 11) is 0. The van der Waals surface area contributed by atoms with Gasteiger partial charge in [-0.05, 0) is 84.5 Å². The maximum Gasteiger partial charge on any atom is -0.00264 e. The minimum Gasteiger partial charge on any atom is -0.0622 e. The van der Waals surface area contributed by atoms with Crippen molar-refractivity contribution in [3.63, 3.8) is 0 Å². The maximum absolute atomic E-state index is 2.35. The smallest absolute Gasteiger partial charge is 0.00264 e. The topological polar surface area (TPSA) is 0 Å². The maximum atomic E-state index is 2.35. The molecular formula is C28H18. The van der Waals surface area contributed by atoms with Gasteiger partial charge in [0.2, 0.25) is 0 Å². The molecule has 6 rings (SSSR count). The Bertz CT molecular complexity index is 1400. The fourth-order valence-corrected chi connectivity index (χ4v) is 4.42. The number of rotatable bonds is 1. The van der Waals surface area contributed by atoms with Crippen LogP contribution in [0.25, 0.3) is 54.2 Å². The van der Waals surface area contributed by atoms with Gasteiger partial charge in [0.1, 0.15) is 0 Å². The molecule has 0 bridgehead atoms. The molecular weight excluding hydrogens is 336 g/mol. The summed E-state index contributed by atoms with van der Waals surface area (Å²) in [6.45, 7) is 0. The van der Waals surface area contributed by atoms with Crippen LogP contribution in [0.4, 0.5) is 0 Å². The van der Waals surface area contributed by atoms with Crippen LogP contribution in [0.5, 0.6) is 0 Å². The lowest BCUT2D eigenvalue weighted by Gasteiger charge is -2.14. The molecule has 6 aromatic carbocycles. The second-order valence-corrected chi connectivity index (χ2v) is 7.46. The summed E-state index contributed by atoms with van der Waals surface area (Å²) in [5, 5.41) is 10.4. The SMILES string of the molecule is c1ccc(-c2c3cc4ccccc4cc3cc3cc4ccccc4cc23)cc1. The Morgan fingerprint density at radius 2 is 0.714 bits per heavy atom. The van der Waals surface area contributed by atoms with Crippen LogP contribution in [-0.4, -0.2) is 0 Å². The van der Waals surface area contributed by atoms with E-state index in [0.717, 1.165) is 0 Å². The summed E-state index contributed by atoms with van der Waals surface area (Å²) < 4.78 is 0. The number of benzene rings is 6. The molecule has 0 unspecified atom stereocenters. The summed E-state index contributed by atoms with van der Waals surface area (Å²) in [6.07, 6.45) is 0. The second-order valence-electron chi connectivity index (χ2n) is 7.46. The standard InChI is InChI=1S/C28H18/c1-2-8-19(9-3-1)28-26-17-22-12-6-4-10-20(22)14-24(26)16-25-15-21-11-5-7-13-23(21)18-27(25)28/h1-18H. The molecule has 0 atom stereocenters. The van der Waals surface area contributed by atoms with Gasteiger partial charge in [-0.3, -0.25) is 0 Å². The van der Waals surface area contributed by atoms with E-state index in [9.17, 15) is 0 Å². The summed E-state index contributed by atoms with van der Waals surface area (Å²) in [6, 6.07) is 39.7. The van der Waals surface area contributed by atoms with Crippen molar-refractivity contribution in [3.8, 4) is 11.1 Å². The summed E-state index contributed by atoms with van der Waals surface area (Å²) in [5.74, 6) is 0. The molecule has 130 valence electrons. The molecule has 28 heavy (non-hydrogen) atoms. The normalized spacial score (nSPS) is 11.6. The van der Waals surface area contributed by atoms with Crippen LogP contribution in [-0.2, 0) is 0 Å². The van der Waals surface area contributed by atoms with Gasteiger partial charge in [-0.1, -0.05) is 78.9 Å². The quantitative estimate of drug-likeness (QED) is 0.263. The van der Waals surface area contributed by atoms with E-state index in [0.29, 0.717) is 0 Å². The molecule has 0 spiro atoms. The lowest BCUT2D eigenvalue weighted by Crippen LogP contribution is -1.87. The van der Waals surface area contributed by atoms with E-state index in [1.807, 2.05) is 0 Å².